The molecule has 0 aliphatic carbocycles. The van der Waals surface area contributed by atoms with Gasteiger partial charge in [0.25, 0.3) is 0 Å². The monoisotopic (exact) mass is 350 g/mol. The second-order valence-corrected chi connectivity index (χ2v) is 7.07. The third-order valence-corrected chi connectivity index (χ3v) is 4.03. The number of nitrogens with one attached hydrogen (secondary N) is 2. The van der Waals surface area contributed by atoms with Crippen molar-refractivity contribution in [3.05, 3.63) is 29.8 Å². The quantitative estimate of drug-likeness (QED) is 0.705. The standard InChI is InChI=1S/C19H30N2O4/c1-13(2)20-21-18(22)17(19(5)23-10-11-24-19)12-15-6-8-16(9-7-15)25-14(3)4/h6-9,13-14,17,20H,10-12H2,1-5H3,(H,21,22). The van der Waals surface area contributed by atoms with E-state index in [-0.39, 0.29) is 18.1 Å². The predicted molar refractivity (Wildman–Crippen MR) is 96.1 cm³/mol. The van der Waals surface area contributed by atoms with Crippen LogP contribution in [0.1, 0.15) is 40.2 Å². The molecule has 140 valence electrons. The van der Waals surface area contributed by atoms with Crippen molar-refractivity contribution in [1.82, 2.24) is 10.9 Å². The predicted octanol–water partition coefficient (Wildman–Crippen LogP) is 2.42. The van der Waals surface area contributed by atoms with Gasteiger partial charge in [0.15, 0.2) is 5.79 Å². The van der Waals surface area contributed by atoms with Gasteiger partial charge in [0.05, 0.1) is 25.2 Å². The van der Waals surface area contributed by atoms with Crippen molar-refractivity contribution in [3.8, 4) is 5.75 Å². The summed E-state index contributed by atoms with van der Waals surface area (Å²) in [6.45, 7) is 10.7. The molecule has 1 atom stereocenters. The normalized spacial score (nSPS) is 17.7. The lowest BCUT2D eigenvalue weighted by molar-refractivity contribution is -0.187. The Bertz CT molecular complexity index is 551. The molecule has 1 aliphatic rings. The number of hydrogen-bond donors (Lipinski definition) is 2. The van der Waals surface area contributed by atoms with E-state index in [0.29, 0.717) is 19.6 Å². The van der Waals surface area contributed by atoms with E-state index in [4.69, 9.17) is 14.2 Å². The van der Waals surface area contributed by atoms with E-state index in [1.807, 2.05) is 58.9 Å². The van der Waals surface area contributed by atoms with Crippen LogP contribution in [0.3, 0.4) is 0 Å². The number of rotatable bonds is 8. The Labute approximate surface area is 150 Å². The molecule has 2 N–H and O–H groups in total. The van der Waals surface area contributed by atoms with Gasteiger partial charge in [-0.2, -0.15) is 0 Å². The maximum atomic E-state index is 12.7. The highest BCUT2D eigenvalue weighted by molar-refractivity contribution is 5.79. The molecule has 0 radical (unpaired) electrons. The number of hydrogen-bond acceptors (Lipinski definition) is 5. The van der Waals surface area contributed by atoms with Crippen molar-refractivity contribution in [3.63, 3.8) is 0 Å². The van der Waals surface area contributed by atoms with Crippen molar-refractivity contribution in [1.29, 1.82) is 0 Å². The molecule has 1 fully saturated rings. The fourth-order valence-corrected chi connectivity index (χ4v) is 2.76. The zero-order chi connectivity index (χ0) is 18.4. The van der Waals surface area contributed by atoms with Crippen LogP contribution in [-0.2, 0) is 20.7 Å². The van der Waals surface area contributed by atoms with E-state index < -0.39 is 11.7 Å². The summed E-state index contributed by atoms with van der Waals surface area (Å²) >= 11 is 0. The minimum Gasteiger partial charge on any atom is -0.491 e. The number of carbonyl (C=O) groups excluding carboxylic acids is 1. The molecule has 1 heterocycles. The number of amides is 1. The van der Waals surface area contributed by atoms with E-state index in [9.17, 15) is 4.79 Å². The summed E-state index contributed by atoms with van der Waals surface area (Å²) in [7, 11) is 0. The van der Waals surface area contributed by atoms with E-state index >= 15 is 0 Å². The highest BCUT2D eigenvalue weighted by Gasteiger charge is 2.44. The Morgan fingerprint density at radius 2 is 1.76 bits per heavy atom. The number of ether oxygens (including phenoxy) is 3. The molecule has 25 heavy (non-hydrogen) atoms. The molecule has 0 bridgehead atoms. The van der Waals surface area contributed by atoms with Gasteiger partial charge in [-0.3, -0.25) is 10.2 Å². The van der Waals surface area contributed by atoms with Crippen LogP contribution in [0, 0.1) is 5.92 Å². The van der Waals surface area contributed by atoms with Crippen LogP contribution in [0.25, 0.3) is 0 Å². The summed E-state index contributed by atoms with van der Waals surface area (Å²) in [5, 5.41) is 0. The van der Waals surface area contributed by atoms with Gasteiger partial charge in [0, 0.05) is 6.04 Å². The Hall–Kier alpha value is -1.63. The summed E-state index contributed by atoms with van der Waals surface area (Å²) in [4.78, 5) is 12.7. The molecule has 1 saturated heterocycles. The lowest BCUT2D eigenvalue weighted by atomic mass is 9.91. The average Bonchev–Trinajstić information content (AvgIpc) is 2.99. The molecule has 6 heteroatoms. The largest absolute Gasteiger partial charge is 0.491 e. The van der Waals surface area contributed by atoms with Crippen molar-refractivity contribution in [2.24, 2.45) is 5.92 Å². The number of benzene rings is 1. The van der Waals surface area contributed by atoms with Crippen LogP contribution < -0.4 is 15.6 Å². The van der Waals surface area contributed by atoms with E-state index in [1.165, 1.54) is 0 Å². The Morgan fingerprint density at radius 3 is 2.28 bits per heavy atom. The highest BCUT2D eigenvalue weighted by Crippen LogP contribution is 2.31. The lowest BCUT2D eigenvalue weighted by Gasteiger charge is -2.31. The van der Waals surface area contributed by atoms with Crippen molar-refractivity contribution >= 4 is 5.91 Å². The average molecular weight is 350 g/mol. The first-order valence-corrected chi connectivity index (χ1v) is 8.89. The third-order valence-electron chi connectivity index (χ3n) is 4.03. The van der Waals surface area contributed by atoms with E-state index in [1.54, 1.807) is 0 Å². The van der Waals surface area contributed by atoms with Gasteiger partial charge in [0.2, 0.25) is 5.91 Å². The molecule has 0 aromatic heterocycles. The molecule has 1 amide bonds. The minimum absolute atomic E-state index is 0.130. The molecule has 1 aromatic carbocycles. The molecule has 1 aromatic rings. The fourth-order valence-electron chi connectivity index (χ4n) is 2.76. The summed E-state index contributed by atoms with van der Waals surface area (Å²) in [6.07, 6.45) is 0.648. The Balaban J connectivity index is 2.11. The lowest BCUT2D eigenvalue weighted by Crippen LogP contribution is -2.52. The zero-order valence-corrected chi connectivity index (χ0v) is 15.8. The molecular weight excluding hydrogens is 320 g/mol. The summed E-state index contributed by atoms with van der Waals surface area (Å²) in [5.41, 5.74) is 6.75. The Kier molecular flexibility index (Phi) is 6.81. The first kappa shape index (κ1) is 19.7. The fraction of sp³-hybridized carbons (Fsp3) is 0.632. The molecule has 1 unspecified atom stereocenters. The molecular formula is C19H30N2O4. The van der Waals surface area contributed by atoms with Crippen LogP contribution in [0.15, 0.2) is 24.3 Å². The van der Waals surface area contributed by atoms with Gasteiger partial charge in [0.1, 0.15) is 5.75 Å². The topological polar surface area (TPSA) is 68.8 Å². The Morgan fingerprint density at radius 1 is 1.16 bits per heavy atom. The molecule has 6 nitrogen and oxygen atoms in total. The van der Waals surface area contributed by atoms with Crippen LogP contribution in [0.2, 0.25) is 0 Å². The number of hydrazine groups is 1. The van der Waals surface area contributed by atoms with Crippen molar-refractivity contribution in [2.45, 2.75) is 59.0 Å². The molecule has 0 saturated carbocycles. The zero-order valence-electron chi connectivity index (χ0n) is 15.8. The van der Waals surface area contributed by atoms with Gasteiger partial charge >= 0.3 is 0 Å². The van der Waals surface area contributed by atoms with E-state index in [2.05, 4.69) is 10.9 Å². The summed E-state index contributed by atoms with van der Waals surface area (Å²) in [6, 6.07) is 7.96. The third kappa shape index (κ3) is 5.70. The number of carbonyl (C=O) groups is 1. The summed E-state index contributed by atoms with van der Waals surface area (Å²) in [5.74, 6) is -0.699. The second-order valence-electron chi connectivity index (χ2n) is 7.07. The van der Waals surface area contributed by atoms with Crippen LogP contribution in [0.5, 0.6) is 5.75 Å². The maximum absolute atomic E-state index is 12.7. The first-order chi connectivity index (χ1) is 11.8. The minimum atomic E-state index is -0.921. The van der Waals surface area contributed by atoms with Gasteiger partial charge in [-0.05, 0) is 58.7 Å². The van der Waals surface area contributed by atoms with Gasteiger partial charge < -0.3 is 14.2 Å². The van der Waals surface area contributed by atoms with Crippen molar-refractivity contribution in [2.75, 3.05) is 13.2 Å². The van der Waals surface area contributed by atoms with Gasteiger partial charge in [-0.15, -0.1) is 0 Å². The smallest absolute Gasteiger partial charge is 0.242 e. The van der Waals surface area contributed by atoms with Crippen LogP contribution >= 0.6 is 0 Å². The summed E-state index contributed by atoms with van der Waals surface area (Å²) < 4.78 is 17.2. The second kappa shape index (κ2) is 8.65. The first-order valence-electron chi connectivity index (χ1n) is 8.89. The highest BCUT2D eigenvalue weighted by atomic mass is 16.7. The van der Waals surface area contributed by atoms with Gasteiger partial charge in [-0.1, -0.05) is 12.1 Å². The van der Waals surface area contributed by atoms with Crippen molar-refractivity contribution < 1.29 is 19.0 Å². The molecule has 0 spiro atoms. The van der Waals surface area contributed by atoms with E-state index in [0.717, 1.165) is 11.3 Å². The molecule has 1 aliphatic heterocycles. The SMILES string of the molecule is CC(C)NNC(=O)C(Cc1ccc(OC(C)C)cc1)C1(C)OCCO1. The van der Waals surface area contributed by atoms with Crippen LogP contribution in [-0.4, -0.2) is 37.1 Å². The van der Waals surface area contributed by atoms with Gasteiger partial charge in [-0.25, -0.2) is 5.43 Å². The molecule has 2 rings (SSSR count). The van der Waals surface area contributed by atoms with Crippen LogP contribution in [0.4, 0.5) is 0 Å². The maximum Gasteiger partial charge on any atom is 0.242 e.